The molecule has 1 aromatic carbocycles. The first-order chi connectivity index (χ1) is 14.6. The average molecular weight is 481 g/mol. The number of nitrogens with one attached hydrogen (secondary N) is 1. The van der Waals surface area contributed by atoms with Crippen LogP contribution in [0.2, 0.25) is 0 Å². The summed E-state index contributed by atoms with van der Waals surface area (Å²) in [6.07, 6.45) is 11.6. The Morgan fingerprint density at radius 3 is 2.70 bits per heavy atom. The van der Waals surface area contributed by atoms with Gasteiger partial charge < -0.3 is 14.8 Å². The normalized spacial score (nSPS) is 21.9. The van der Waals surface area contributed by atoms with E-state index in [4.69, 9.17) is 12.2 Å². The minimum absolute atomic E-state index is 0.00193. The van der Waals surface area contributed by atoms with E-state index >= 15 is 0 Å². The number of nitrogens with zero attached hydrogens (tertiary/aromatic N) is 3. The molecule has 2 atom stereocenters. The number of benzene rings is 1. The third kappa shape index (κ3) is 3.56. The molecule has 30 heavy (non-hydrogen) atoms. The molecule has 4 nitrogen and oxygen atoms in total. The van der Waals surface area contributed by atoms with E-state index in [-0.39, 0.29) is 12.1 Å². The van der Waals surface area contributed by atoms with Crippen LogP contribution in [0.15, 0.2) is 65.5 Å². The zero-order valence-corrected chi connectivity index (χ0v) is 19.4. The molecular weight excluding hydrogens is 456 g/mol. The van der Waals surface area contributed by atoms with Crippen molar-refractivity contribution in [2.75, 3.05) is 4.90 Å². The van der Waals surface area contributed by atoms with Crippen LogP contribution in [0.5, 0.6) is 0 Å². The number of rotatable bonds is 4. The lowest BCUT2D eigenvalue weighted by atomic mass is 9.98. The van der Waals surface area contributed by atoms with E-state index in [9.17, 15) is 0 Å². The van der Waals surface area contributed by atoms with Crippen molar-refractivity contribution in [1.29, 1.82) is 0 Å². The highest BCUT2D eigenvalue weighted by molar-refractivity contribution is 9.10. The van der Waals surface area contributed by atoms with E-state index in [1.165, 1.54) is 36.8 Å². The van der Waals surface area contributed by atoms with Gasteiger partial charge in [0.25, 0.3) is 0 Å². The van der Waals surface area contributed by atoms with Gasteiger partial charge in [0.2, 0.25) is 0 Å². The van der Waals surface area contributed by atoms with Crippen LogP contribution in [0.1, 0.15) is 60.6 Å². The summed E-state index contributed by atoms with van der Waals surface area (Å²) in [5.74, 6) is 0. The standard InChI is InChI=1S/C24H25BrN4S/c1-16-14-19(9-10-20(16)25)29-23(17-11-13-28(15-17)18-6-2-3-7-18)22(27-24(29)30)21-8-4-5-12-26-21/h4-5,8-15,18,22-23H,2-3,6-7H2,1H3,(H,27,30)/t22-,23+/m1/s1. The summed E-state index contributed by atoms with van der Waals surface area (Å²) in [6.45, 7) is 2.11. The highest BCUT2D eigenvalue weighted by Crippen LogP contribution is 2.43. The monoisotopic (exact) mass is 480 g/mol. The summed E-state index contributed by atoms with van der Waals surface area (Å²) in [6, 6.07) is 15.4. The maximum atomic E-state index is 5.84. The second kappa shape index (κ2) is 8.16. The highest BCUT2D eigenvalue weighted by atomic mass is 79.9. The molecule has 3 aromatic rings. The Morgan fingerprint density at radius 2 is 1.97 bits per heavy atom. The van der Waals surface area contributed by atoms with Crippen LogP contribution in [-0.2, 0) is 0 Å². The first-order valence-corrected chi connectivity index (χ1v) is 11.8. The SMILES string of the molecule is Cc1cc(N2C(=S)N[C@H](c3ccccn3)[C@@H]2c2ccn(C3CCCC3)c2)ccc1Br. The van der Waals surface area contributed by atoms with Gasteiger partial charge in [-0.3, -0.25) is 4.98 Å². The van der Waals surface area contributed by atoms with Crippen molar-refractivity contribution in [3.05, 3.63) is 82.3 Å². The van der Waals surface area contributed by atoms with Crippen molar-refractivity contribution in [3.63, 3.8) is 0 Å². The van der Waals surface area contributed by atoms with Gasteiger partial charge in [0, 0.05) is 34.8 Å². The molecule has 1 aliphatic carbocycles. The fraction of sp³-hybridized carbons (Fsp3) is 0.333. The molecule has 0 amide bonds. The first-order valence-electron chi connectivity index (χ1n) is 10.6. The van der Waals surface area contributed by atoms with E-state index in [0.29, 0.717) is 6.04 Å². The van der Waals surface area contributed by atoms with E-state index in [2.05, 4.69) is 85.3 Å². The Balaban J connectivity index is 1.58. The molecular formula is C24H25BrN4S. The van der Waals surface area contributed by atoms with Gasteiger partial charge in [0.15, 0.2) is 5.11 Å². The summed E-state index contributed by atoms with van der Waals surface area (Å²) in [4.78, 5) is 6.90. The zero-order valence-electron chi connectivity index (χ0n) is 17.0. The van der Waals surface area contributed by atoms with Gasteiger partial charge in [-0.1, -0.05) is 34.8 Å². The molecule has 1 saturated heterocycles. The lowest BCUT2D eigenvalue weighted by molar-refractivity contribution is 0.515. The molecule has 2 aliphatic rings. The Morgan fingerprint density at radius 1 is 1.13 bits per heavy atom. The van der Waals surface area contributed by atoms with Gasteiger partial charge in [-0.2, -0.15) is 0 Å². The number of pyridine rings is 1. The smallest absolute Gasteiger partial charge is 0.174 e. The predicted octanol–water partition coefficient (Wildman–Crippen LogP) is 6.25. The fourth-order valence-electron chi connectivity index (χ4n) is 4.79. The van der Waals surface area contributed by atoms with Crippen LogP contribution in [0, 0.1) is 6.92 Å². The molecule has 2 fully saturated rings. The van der Waals surface area contributed by atoms with Crippen molar-refractivity contribution in [2.45, 2.75) is 50.7 Å². The quantitative estimate of drug-likeness (QED) is 0.447. The lowest BCUT2D eigenvalue weighted by Crippen LogP contribution is -2.29. The maximum Gasteiger partial charge on any atom is 0.174 e. The minimum Gasteiger partial charge on any atom is -0.351 e. The van der Waals surface area contributed by atoms with E-state index < -0.39 is 0 Å². The molecule has 3 heterocycles. The molecule has 6 heteroatoms. The summed E-state index contributed by atoms with van der Waals surface area (Å²) in [5, 5.41) is 4.30. The molecule has 1 aliphatic heterocycles. The number of halogens is 1. The van der Waals surface area contributed by atoms with E-state index in [0.717, 1.165) is 21.0 Å². The van der Waals surface area contributed by atoms with Gasteiger partial charge in [0.05, 0.1) is 17.8 Å². The van der Waals surface area contributed by atoms with Gasteiger partial charge in [-0.25, -0.2) is 0 Å². The maximum absolute atomic E-state index is 5.84. The minimum atomic E-state index is 0.00193. The fourth-order valence-corrected chi connectivity index (χ4v) is 5.38. The molecule has 154 valence electrons. The van der Waals surface area contributed by atoms with Crippen LogP contribution >= 0.6 is 28.1 Å². The highest BCUT2D eigenvalue weighted by Gasteiger charge is 2.41. The number of aryl methyl sites for hydroxylation is 1. The summed E-state index contributed by atoms with van der Waals surface area (Å²) >= 11 is 9.46. The Kier molecular flexibility index (Phi) is 5.37. The van der Waals surface area contributed by atoms with Gasteiger partial charge in [-0.15, -0.1) is 0 Å². The number of anilines is 1. The summed E-state index contributed by atoms with van der Waals surface area (Å²) in [7, 11) is 0. The van der Waals surface area contributed by atoms with Gasteiger partial charge in [-0.05, 0) is 79.5 Å². The third-order valence-electron chi connectivity index (χ3n) is 6.34. The Labute approximate surface area is 191 Å². The molecule has 5 rings (SSSR count). The van der Waals surface area contributed by atoms with Gasteiger partial charge >= 0.3 is 0 Å². The van der Waals surface area contributed by atoms with Crippen molar-refractivity contribution in [3.8, 4) is 0 Å². The molecule has 1 N–H and O–H groups in total. The van der Waals surface area contributed by atoms with Crippen molar-refractivity contribution in [2.24, 2.45) is 0 Å². The molecule has 1 saturated carbocycles. The molecule has 0 bridgehead atoms. The molecule has 0 radical (unpaired) electrons. The van der Waals surface area contributed by atoms with Crippen molar-refractivity contribution < 1.29 is 0 Å². The van der Waals surface area contributed by atoms with E-state index in [1.807, 2.05) is 18.3 Å². The van der Waals surface area contributed by atoms with Crippen molar-refractivity contribution in [1.82, 2.24) is 14.9 Å². The predicted molar refractivity (Wildman–Crippen MR) is 129 cm³/mol. The average Bonchev–Trinajstić information content (AvgIpc) is 3.50. The van der Waals surface area contributed by atoms with Crippen LogP contribution in [0.25, 0.3) is 0 Å². The first kappa shape index (κ1) is 19.8. The van der Waals surface area contributed by atoms with Crippen LogP contribution < -0.4 is 10.2 Å². The molecule has 0 spiro atoms. The number of thiocarbonyl (C=S) groups is 1. The topological polar surface area (TPSA) is 33.1 Å². The molecule has 0 unspecified atom stereocenters. The molecule has 2 aromatic heterocycles. The van der Waals surface area contributed by atoms with Gasteiger partial charge in [0.1, 0.15) is 0 Å². The number of hydrogen-bond donors (Lipinski definition) is 1. The second-order valence-corrected chi connectivity index (χ2v) is 9.50. The van der Waals surface area contributed by atoms with Crippen LogP contribution in [-0.4, -0.2) is 14.7 Å². The number of hydrogen-bond acceptors (Lipinski definition) is 2. The number of aromatic nitrogens is 2. The van der Waals surface area contributed by atoms with Crippen molar-refractivity contribution >= 4 is 38.9 Å². The second-order valence-electron chi connectivity index (χ2n) is 8.26. The zero-order chi connectivity index (χ0) is 20.7. The summed E-state index contributed by atoms with van der Waals surface area (Å²) < 4.78 is 3.51. The largest absolute Gasteiger partial charge is 0.351 e. The third-order valence-corrected chi connectivity index (χ3v) is 7.55. The lowest BCUT2D eigenvalue weighted by Gasteiger charge is -2.27. The Bertz CT molecular complexity index is 1060. The Hall–Kier alpha value is -2.18. The van der Waals surface area contributed by atoms with Crippen LogP contribution in [0.4, 0.5) is 5.69 Å². The van der Waals surface area contributed by atoms with Crippen LogP contribution in [0.3, 0.4) is 0 Å². The summed E-state index contributed by atoms with van der Waals surface area (Å²) in [5.41, 5.74) is 4.57. The van der Waals surface area contributed by atoms with E-state index in [1.54, 1.807) is 0 Å².